The Morgan fingerprint density at radius 1 is 1.50 bits per heavy atom. The van der Waals surface area contributed by atoms with Crippen molar-refractivity contribution >= 4 is 15.9 Å². The van der Waals surface area contributed by atoms with Crippen LogP contribution in [0.5, 0.6) is 5.88 Å². The highest BCUT2D eigenvalue weighted by Crippen LogP contribution is 2.16. The van der Waals surface area contributed by atoms with Crippen molar-refractivity contribution in [2.75, 3.05) is 7.11 Å². The van der Waals surface area contributed by atoms with Gasteiger partial charge >= 0.3 is 0 Å². The number of halogens is 1. The van der Waals surface area contributed by atoms with Crippen LogP contribution >= 0.6 is 15.9 Å². The maximum Gasteiger partial charge on any atom is 0.216 e. The molecule has 4 heteroatoms. The molecular weight excluding hydrogens is 244 g/mol. The molecule has 0 aliphatic carbocycles. The molecular formula is C10H15BrN2O. The summed E-state index contributed by atoms with van der Waals surface area (Å²) in [6, 6.07) is 1.75. The van der Waals surface area contributed by atoms with Crippen molar-refractivity contribution in [2.24, 2.45) is 5.92 Å². The lowest BCUT2D eigenvalue weighted by Gasteiger charge is -2.12. The molecule has 14 heavy (non-hydrogen) atoms. The summed E-state index contributed by atoms with van der Waals surface area (Å²) in [5.74, 6) is 2.02. The smallest absolute Gasteiger partial charge is 0.216 e. The Morgan fingerprint density at radius 3 is 2.79 bits per heavy atom. The summed E-state index contributed by atoms with van der Waals surface area (Å²) < 4.78 is 5.03. The fourth-order valence-electron chi connectivity index (χ4n) is 1.00. The largest absolute Gasteiger partial charge is 0.481 e. The first-order chi connectivity index (χ1) is 6.63. The van der Waals surface area contributed by atoms with E-state index in [0.717, 1.165) is 12.2 Å². The molecule has 3 nitrogen and oxygen atoms in total. The first-order valence-corrected chi connectivity index (χ1v) is 5.55. The fourth-order valence-corrected chi connectivity index (χ4v) is 1.29. The van der Waals surface area contributed by atoms with Gasteiger partial charge in [-0.25, -0.2) is 4.98 Å². The van der Waals surface area contributed by atoms with Crippen molar-refractivity contribution < 1.29 is 4.74 Å². The van der Waals surface area contributed by atoms with Gasteiger partial charge in [-0.1, -0.05) is 29.8 Å². The third kappa shape index (κ3) is 3.25. The van der Waals surface area contributed by atoms with Gasteiger partial charge < -0.3 is 4.74 Å². The van der Waals surface area contributed by atoms with Gasteiger partial charge in [0.15, 0.2) is 0 Å². The van der Waals surface area contributed by atoms with Gasteiger partial charge in [-0.2, -0.15) is 4.98 Å². The van der Waals surface area contributed by atoms with Crippen molar-refractivity contribution in [3.05, 3.63) is 18.1 Å². The number of alkyl halides is 1. The van der Waals surface area contributed by atoms with Crippen LogP contribution in [0, 0.1) is 5.92 Å². The molecule has 78 valence electrons. The van der Waals surface area contributed by atoms with Crippen molar-refractivity contribution in [2.45, 2.75) is 25.1 Å². The Labute approximate surface area is 93.0 Å². The van der Waals surface area contributed by atoms with Crippen LogP contribution in [0.25, 0.3) is 0 Å². The minimum absolute atomic E-state index is 0.412. The molecule has 1 heterocycles. The zero-order valence-electron chi connectivity index (χ0n) is 8.70. The number of ether oxygens (including phenoxy) is 1. The summed E-state index contributed by atoms with van der Waals surface area (Å²) in [4.78, 5) is 8.85. The van der Waals surface area contributed by atoms with Crippen LogP contribution in [0.4, 0.5) is 0 Å². The van der Waals surface area contributed by atoms with E-state index in [2.05, 4.69) is 39.7 Å². The van der Waals surface area contributed by atoms with Gasteiger partial charge in [-0.15, -0.1) is 0 Å². The summed E-state index contributed by atoms with van der Waals surface area (Å²) in [7, 11) is 1.61. The van der Waals surface area contributed by atoms with E-state index >= 15 is 0 Å². The predicted octanol–water partition coefficient (Wildman–Crippen LogP) is 2.45. The van der Waals surface area contributed by atoms with E-state index in [1.807, 2.05) is 0 Å². The molecule has 1 aromatic heterocycles. The zero-order valence-corrected chi connectivity index (χ0v) is 10.3. The average molecular weight is 259 g/mol. The number of methoxy groups -OCH3 is 1. The fraction of sp³-hybridized carbons (Fsp3) is 0.600. The van der Waals surface area contributed by atoms with E-state index in [0.29, 0.717) is 16.6 Å². The zero-order chi connectivity index (χ0) is 10.6. The standard InChI is InChI=1S/C10H15BrN2O/c1-7(2)8(11)6-9-12-5-4-10(13-9)14-3/h4-5,7-8H,6H2,1-3H3. The highest BCUT2D eigenvalue weighted by atomic mass is 79.9. The summed E-state index contributed by atoms with van der Waals surface area (Å²) in [5.41, 5.74) is 0. The van der Waals surface area contributed by atoms with Gasteiger partial charge in [-0.3, -0.25) is 0 Å². The molecule has 0 aliphatic heterocycles. The van der Waals surface area contributed by atoms with Gasteiger partial charge in [0.1, 0.15) is 5.82 Å². The third-order valence-electron chi connectivity index (χ3n) is 1.99. The van der Waals surface area contributed by atoms with Crippen LogP contribution in [-0.2, 0) is 6.42 Å². The first-order valence-electron chi connectivity index (χ1n) is 4.63. The number of rotatable bonds is 4. The van der Waals surface area contributed by atoms with Crippen molar-refractivity contribution in [3.8, 4) is 5.88 Å². The van der Waals surface area contributed by atoms with Gasteiger partial charge in [0.25, 0.3) is 0 Å². The van der Waals surface area contributed by atoms with Crippen LogP contribution in [-0.4, -0.2) is 21.9 Å². The first kappa shape index (κ1) is 11.4. The molecule has 0 spiro atoms. The Hall–Kier alpha value is -0.640. The maximum absolute atomic E-state index is 5.03. The van der Waals surface area contributed by atoms with Crippen LogP contribution in [0.1, 0.15) is 19.7 Å². The Bertz CT molecular complexity index is 291. The molecule has 0 radical (unpaired) electrons. The van der Waals surface area contributed by atoms with E-state index in [4.69, 9.17) is 4.74 Å². The minimum Gasteiger partial charge on any atom is -0.481 e. The second-order valence-electron chi connectivity index (χ2n) is 3.48. The van der Waals surface area contributed by atoms with E-state index in [1.165, 1.54) is 0 Å². The summed E-state index contributed by atoms with van der Waals surface area (Å²) in [6.45, 7) is 4.33. The van der Waals surface area contributed by atoms with Gasteiger partial charge in [0, 0.05) is 23.5 Å². The van der Waals surface area contributed by atoms with Gasteiger partial charge in [0.2, 0.25) is 5.88 Å². The monoisotopic (exact) mass is 258 g/mol. The topological polar surface area (TPSA) is 35.0 Å². The third-order valence-corrected chi connectivity index (χ3v) is 3.37. The van der Waals surface area contributed by atoms with Crippen molar-refractivity contribution in [1.29, 1.82) is 0 Å². The van der Waals surface area contributed by atoms with E-state index in [9.17, 15) is 0 Å². The molecule has 0 aliphatic rings. The van der Waals surface area contributed by atoms with Crippen molar-refractivity contribution in [3.63, 3.8) is 0 Å². The number of hydrogen-bond donors (Lipinski definition) is 0. The molecule has 0 aromatic carbocycles. The molecule has 1 unspecified atom stereocenters. The van der Waals surface area contributed by atoms with Crippen LogP contribution < -0.4 is 4.74 Å². The quantitative estimate of drug-likeness (QED) is 0.779. The average Bonchev–Trinajstić information content (AvgIpc) is 2.18. The Balaban J connectivity index is 2.66. The molecule has 1 rings (SSSR count). The lowest BCUT2D eigenvalue weighted by Crippen LogP contribution is -2.12. The molecule has 0 saturated heterocycles. The number of hydrogen-bond acceptors (Lipinski definition) is 3. The second-order valence-corrected chi connectivity index (χ2v) is 4.66. The number of nitrogens with zero attached hydrogens (tertiary/aromatic N) is 2. The Kier molecular flexibility index (Phi) is 4.32. The normalized spacial score (nSPS) is 12.9. The summed E-state index contributed by atoms with van der Waals surface area (Å²) >= 11 is 3.60. The highest BCUT2D eigenvalue weighted by Gasteiger charge is 2.11. The maximum atomic E-state index is 5.03. The molecule has 1 atom stereocenters. The Morgan fingerprint density at radius 2 is 2.21 bits per heavy atom. The van der Waals surface area contributed by atoms with Crippen molar-refractivity contribution in [1.82, 2.24) is 9.97 Å². The SMILES string of the molecule is COc1ccnc(CC(Br)C(C)C)n1. The predicted molar refractivity (Wildman–Crippen MR) is 59.8 cm³/mol. The molecule has 0 bridgehead atoms. The lowest BCUT2D eigenvalue weighted by molar-refractivity contribution is 0.394. The van der Waals surface area contributed by atoms with E-state index in [1.54, 1.807) is 19.4 Å². The minimum atomic E-state index is 0.412. The molecule has 0 saturated carbocycles. The molecule has 1 aromatic rings. The van der Waals surface area contributed by atoms with Crippen LogP contribution in [0.2, 0.25) is 0 Å². The molecule has 0 fully saturated rings. The van der Waals surface area contributed by atoms with Crippen LogP contribution in [0.3, 0.4) is 0 Å². The lowest BCUT2D eigenvalue weighted by atomic mass is 10.1. The highest BCUT2D eigenvalue weighted by molar-refractivity contribution is 9.09. The van der Waals surface area contributed by atoms with Gasteiger partial charge in [-0.05, 0) is 5.92 Å². The second kappa shape index (κ2) is 5.29. The van der Waals surface area contributed by atoms with E-state index < -0.39 is 0 Å². The van der Waals surface area contributed by atoms with Gasteiger partial charge in [0.05, 0.1) is 7.11 Å². The number of aromatic nitrogens is 2. The summed E-state index contributed by atoms with van der Waals surface area (Å²) in [6.07, 6.45) is 2.55. The van der Waals surface area contributed by atoms with E-state index in [-0.39, 0.29) is 0 Å². The molecule has 0 N–H and O–H groups in total. The van der Waals surface area contributed by atoms with Crippen LogP contribution in [0.15, 0.2) is 12.3 Å². The summed E-state index contributed by atoms with van der Waals surface area (Å²) in [5, 5.41) is 0. The molecule has 0 amide bonds.